The Balaban J connectivity index is 1.60. The first-order valence-corrected chi connectivity index (χ1v) is 21.9. The van der Waals surface area contributed by atoms with Gasteiger partial charge in [-0.15, -0.1) is 0 Å². The molecule has 0 unspecified atom stereocenters. The number of benzene rings is 6. The number of fused-ring (bicyclic) bond motifs is 1. The van der Waals surface area contributed by atoms with Crippen LogP contribution < -0.4 is 0 Å². The van der Waals surface area contributed by atoms with E-state index in [0.717, 1.165) is 4.57 Å². The molecule has 0 bridgehead atoms. The summed E-state index contributed by atoms with van der Waals surface area (Å²) in [5, 5.41) is 13.2. The predicted molar refractivity (Wildman–Crippen MR) is 295 cm³/mol. The molecule has 0 spiro atoms. The zero-order chi connectivity index (χ0) is 80.4. The van der Waals surface area contributed by atoms with Gasteiger partial charge in [0.1, 0.15) is 11.6 Å². The number of phenolic OH excluding ortho intramolecular Hbond substituents is 1. The first kappa shape index (κ1) is 21.4. The standard InChI is InChI=1S/C65H75N3O/c1-39(2)45-30-46(40(3)4)32-47(31-45)43-23-26-57(41(5)29-43)68-58-20-18-19-53(59(58)67-61(68)54-37-52(64(12,13)14)38-55(60(54)69)65(15,16)17)48-33-49(35-51(34-48)63(9,10)11)56-36-44(27-28-66-56)42-21-24-50(25-22-42)62(6,7)8/h18-40,69H,1-17H3/i5D3,6D3,7D3,8D3,12D3,13D3,14D3,15D3,16D3,17D3,21D,22D,24D,25D,39D,40D. The molecule has 2 aromatic heterocycles. The summed E-state index contributed by atoms with van der Waals surface area (Å²) in [4.78, 5) is 9.56. The van der Waals surface area contributed by atoms with Crippen molar-refractivity contribution in [3.8, 4) is 67.5 Å². The van der Waals surface area contributed by atoms with Gasteiger partial charge in [-0.3, -0.25) is 9.55 Å². The van der Waals surface area contributed by atoms with E-state index in [1.807, 2.05) is 0 Å². The van der Waals surface area contributed by atoms with Crippen LogP contribution in [-0.4, -0.2) is 19.6 Å². The first-order chi connectivity index (χ1) is 46.9. The van der Waals surface area contributed by atoms with Gasteiger partial charge in [-0.1, -0.05) is 183 Å². The number of nitrogens with zero attached hydrogens (tertiary/aromatic N) is 3. The van der Waals surface area contributed by atoms with Crippen LogP contribution in [-0.2, 0) is 21.7 Å². The number of pyridine rings is 1. The molecule has 4 nitrogen and oxygen atoms in total. The lowest BCUT2D eigenvalue weighted by Crippen LogP contribution is -2.17. The molecular formula is C65H75N3O. The molecular weight excluding hydrogens is 839 g/mol. The molecule has 0 fully saturated rings. The Morgan fingerprint density at radius 3 is 1.84 bits per heavy atom. The Bertz CT molecular complexity index is 4530. The number of aromatic nitrogens is 3. The lowest BCUT2D eigenvalue weighted by molar-refractivity contribution is 0.446. The number of hydrogen-bond donors (Lipinski definition) is 1. The molecule has 356 valence electrons. The molecule has 0 saturated heterocycles. The maximum atomic E-state index is 13.2. The van der Waals surface area contributed by atoms with Crippen LogP contribution in [0.2, 0.25) is 0 Å². The third-order valence-electron chi connectivity index (χ3n) is 12.0. The molecule has 8 aromatic rings. The monoisotopic (exact) mass is 950 g/mol. The van der Waals surface area contributed by atoms with Crippen molar-refractivity contribution in [1.29, 1.82) is 0 Å². The van der Waals surface area contributed by atoms with Crippen molar-refractivity contribution in [1.82, 2.24) is 14.5 Å². The third kappa shape index (κ3) is 9.96. The second-order valence-corrected chi connectivity index (χ2v) is 18.9. The molecule has 0 aliphatic carbocycles. The van der Waals surface area contributed by atoms with Gasteiger partial charge in [-0.25, -0.2) is 4.98 Å². The Kier molecular flexibility index (Phi) is 5.56. The number of para-hydroxylation sites is 1. The fraction of sp³-hybridized carbons (Fsp3) is 0.354. The minimum absolute atomic E-state index is 0.00965. The van der Waals surface area contributed by atoms with Crippen LogP contribution in [0, 0.1) is 6.85 Å². The van der Waals surface area contributed by atoms with Gasteiger partial charge in [-0.05, 0) is 150 Å². The van der Waals surface area contributed by atoms with Crippen LogP contribution in [0.4, 0.5) is 0 Å². The number of phenols is 1. The van der Waals surface area contributed by atoms with Crippen LogP contribution >= 0.6 is 0 Å². The highest BCUT2D eigenvalue weighted by atomic mass is 16.3. The Hall–Kier alpha value is -6.26. The molecule has 2 heterocycles. The minimum Gasteiger partial charge on any atom is -0.507 e. The van der Waals surface area contributed by atoms with Crippen molar-refractivity contribution in [3.05, 3.63) is 166 Å². The molecule has 0 aliphatic heterocycles. The van der Waals surface area contributed by atoms with Gasteiger partial charge in [-0.2, -0.15) is 0 Å². The maximum absolute atomic E-state index is 13.2. The van der Waals surface area contributed by atoms with E-state index in [2.05, 4.69) is 4.98 Å². The highest BCUT2D eigenvalue weighted by Crippen LogP contribution is 2.46. The molecule has 0 atom stereocenters. The van der Waals surface area contributed by atoms with Crippen LogP contribution in [0.15, 0.2) is 127 Å². The molecule has 0 saturated carbocycles. The van der Waals surface area contributed by atoms with Gasteiger partial charge in [0, 0.05) is 66.8 Å². The number of imidazole rings is 1. The van der Waals surface area contributed by atoms with E-state index >= 15 is 0 Å². The second kappa shape index (κ2) is 17.9. The zero-order valence-corrected chi connectivity index (χ0v) is 39.1. The van der Waals surface area contributed by atoms with E-state index in [4.69, 9.17) is 47.5 Å². The van der Waals surface area contributed by atoms with Crippen molar-refractivity contribution in [2.75, 3.05) is 0 Å². The second-order valence-electron chi connectivity index (χ2n) is 18.9. The average molecular weight is 951 g/mol. The van der Waals surface area contributed by atoms with E-state index in [1.54, 1.807) is 78.8 Å². The molecule has 69 heavy (non-hydrogen) atoms. The normalized spacial score (nSPS) is 22.5. The van der Waals surface area contributed by atoms with E-state index in [9.17, 15) is 12.0 Å². The minimum atomic E-state index is -4.38. The van der Waals surface area contributed by atoms with Crippen LogP contribution in [0.25, 0.3) is 72.7 Å². The molecule has 1 N–H and O–H groups in total. The van der Waals surface area contributed by atoms with E-state index in [1.165, 1.54) is 60.8 Å². The summed E-state index contributed by atoms with van der Waals surface area (Å²) < 4.78 is 316. The van der Waals surface area contributed by atoms with Gasteiger partial charge in [0.25, 0.3) is 0 Å². The lowest BCUT2D eigenvalue weighted by Gasteiger charge is -2.27. The molecule has 6 aromatic carbocycles. The summed E-state index contributed by atoms with van der Waals surface area (Å²) in [5.74, 6) is -5.07. The molecule has 0 aliphatic rings. The quantitative estimate of drug-likeness (QED) is 0.165. The largest absolute Gasteiger partial charge is 0.507 e. The van der Waals surface area contributed by atoms with Crippen molar-refractivity contribution < 1.29 is 54.5 Å². The van der Waals surface area contributed by atoms with Crippen molar-refractivity contribution in [3.63, 3.8) is 0 Å². The van der Waals surface area contributed by atoms with Crippen LogP contribution in [0.3, 0.4) is 0 Å². The van der Waals surface area contributed by atoms with Crippen LogP contribution in [0.5, 0.6) is 5.75 Å². The number of hydrogen-bond acceptors (Lipinski definition) is 3. The molecule has 0 amide bonds. The summed E-state index contributed by atoms with van der Waals surface area (Å²) in [7, 11) is 0. The van der Waals surface area contributed by atoms with Crippen LogP contribution in [0.1, 0.15) is 210 Å². The topological polar surface area (TPSA) is 50.9 Å². The number of rotatable bonds is 8. The maximum Gasteiger partial charge on any atom is 0.149 e. The number of aromatic hydroxyl groups is 1. The first-order valence-electron chi connectivity index (χ1n) is 39.9. The highest BCUT2D eigenvalue weighted by molar-refractivity contribution is 5.97. The van der Waals surface area contributed by atoms with E-state index in [0.29, 0.717) is 28.3 Å². The van der Waals surface area contributed by atoms with Crippen molar-refractivity contribution in [2.24, 2.45) is 0 Å². The predicted octanol–water partition coefficient (Wildman–Crippen LogP) is 18.2. The zero-order valence-electron chi connectivity index (χ0n) is 75.1. The van der Waals surface area contributed by atoms with E-state index in [-0.39, 0.29) is 50.6 Å². The third-order valence-corrected chi connectivity index (χ3v) is 12.0. The van der Waals surface area contributed by atoms with E-state index < -0.39 is 177 Å². The summed E-state index contributed by atoms with van der Waals surface area (Å²) in [6.07, 6.45) is 1.20. The summed E-state index contributed by atoms with van der Waals surface area (Å²) in [6, 6.07) is 16.4. The van der Waals surface area contributed by atoms with Gasteiger partial charge < -0.3 is 5.11 Å². The molecule has 4 heteroatoms. The Labute approximate surface area is 464 Å². The summed E-state index contributed by atoms with van der Waals surface area (Å²) in [6.45, 7) is -29.2. The Morgan fingerprint density at radius 2 is 1.20 bits per heavy atom. The highest BCUT2D eigenvalue weighted by Gasteiger charge is 2.29. The lowest BCUT2D eigenvalue weighted by atomic mass is 9.79. The number of aryl methyl sites for hydroxylation is 1. The van der Waals surface area contributed by atoms with Gasteiger partial charge in [0.05, 0.1) is 33.5 Å². The Morgan fingerprint density at radius 1 is 0.565 bits per heavy atom. The van der Waals surface area contributed by atoms with Crippen molar-refractivity contribution >= 4 is 11.0 Å². The van der Waals surface area contributed by atoms with Gasteiger partial charge in [0.15, 0.2) is 0 Å². The molecule has 0 radical (unpaired) electrons. The fourth-order valence-corrected chi connectivity index (χ4v) is 8.10. The van der Waals surface area contributed by atoms with Gasteiger partial charge >= 0.3 is 0 Å². The molecule has 8 rings (SSSR count). The smallest absolute Gasteiger partial charge is 0.149 e. The van der Waals surface area contributed by atoms with Gasteiger partial charge in [0.2, 0.25) is 0 Å². The average Bonchev–Trinajstić information content (AvgIpc) is 0.924. The summed E-state index contributed by atoms with van der Waals surface area (Å²) >= 11 is 0. The summed E-state index contributed by atoms with van der Waals surface area (Å²) in [5.41, 5.74) is -18.9. The fourth-order valence-electron chi connectivity index (χ4n) is 8.10. The van der Waals surface area contributed by atoms with Crippen molar-refractivity contribution in [2.45, 2.75) is 150 Å². The SMILES string of the molecule is [2H]c1c([2H])c(C(C([2H])([2H])[2H])(C([2H])([2H])[2H])C([2H])([2H])[2H])c([2H])c([2H])c1-c1ccnc(-c2cc(-c3cccc4c3nc(-c3cc(C(C([2H])([2H])[2H])(C([2H])([2H])[2H])C([2H])([2H])[2H])cc(C(C([2H])([2H])[2H])(C([2H])([2H])[2H])C([2H])([2H])[2H])c3O)n4-c3ccc(-c4cc(C([2H])(C)C)cc(C([2H])(C)C)c4)cc3C([2H])([2H])[2H])cc(C(C)(C)C)c2)c1.